The van der Waals surface area contributed by atoms with Crippen molar-refractivity contribution in [2.24, 2.45) is 12.0 Å². The third-order valence-corrected chi connectivity index (χ3v) is 5.41. The zero-order chi connectivity index (χ0) is 23.6. The topological polar surface area (TPSA) is 86.5 Å². The molecule has 1 aromatic carbocycles. The monoisotopic (exact) mass is 449 g/mol. The van der Waals surface area contributed by atoms with Crippen LogP contribution < -0.4 is 20.4 Å². The van der Waals surface area contributed by atoms with Gasteiger partial charge in [0, 0.05) is 47.0 Å². The molecule has 9 heteroatoms. The molecule has 0 unspecified atom stereocenters. The van der Waals surface area contributed by atoms with Crippen LogP contribution >= 0.6 is 0 Å². The Kier molecular flexibility index (Phi) is 8.63. The first-order valence-corrected chi connectivity index (χ1v) is 11.2. The summed E-state index contributed by atoms with van der Waals surface area (Å²) in [7, 11) is 8.05. The van der Waals surface area contributed by atoms with E-state index in [2.05, 4.69) is 62.0 Å². The Bertz CT molecular complexity index is 1030. The second-order valence-electron chi connectivity index (χ2n) is 8.16. The largest absolute Gasteiger partial charge is 0.375 e. The molecule has 0 radical (unpaired) electrons. The summed E-state index contributed by atoms with van der Waals surface area (Å²) in [5.41, 5.74) is 2.13. The molecule has 3 rings (SSSR count). The lowest BCUT2D eigenvalue weighted by Gasteiger charge is -2.19. The van der Waals surface area contributed by atoms with Crippen molar-refractivity contribution < 1.29 is 0 Å². The first kappa shape index (κ1) is 24.0. The number of guanidine groups is 1. The van der Waals surface area contributed by atoms with Gasteiger partial charge in [-0.2, -0.15) is 0 Å². The average Bonchev–Trinajstić information content (AvgIpc) is 3.15. The molecule has 0 saturated carbocycles. The van der Waals surface area contributed by atoms with E-state index in [0.717, 1.165) is 48.6 Å². The Morgan fingerprint density at radius 3 is 2.48 bits per heavy atom. The number of nitrogens with one attached hydrogen (secondary N) is 2. The molecule has 0 aliphatic rings. The molecule has 2 N–H and O–H groups in total. The number of benzene rings is 1. The fraction of sp³-hybridized carbons (Fsp3) is 0.417. The highest BCUT2D eigenvalue weighted by atomic mass is 15.3. The van der Waals surface area contributed by atoms with Crippen LogP contribution in [0.2, 0.25) is 0 Å². The van der Waals surface area contributed by atoms with Crippen molar-refractivity contribution in [1.29, 1.82) is 0 Å². The molecule has 0 spiro atoms. The van der Waals surface area contributed by atoms with E-state index in [1.54, 1.807) is 0 Å². The quantitative estimate of drug-likeness (QED) is 0.279. The van der Waals surface area contributed by atoms with E-state index in [-0.39, 0.29) is 0 Å². The van der Waals surface area contributed by atoms with Gasteiger partial charge in [0.05, 0.1) is 18.8 Å². The lowest BCUT2D eigenvalue weighted by Crippen LogP contribution is -2.39. The molecule has 33 heavy (non-hydrogen) atoms. The molecule has 0 amide bonds. The summed E-state index contributed by atoms with van der Waals surface area (Å²) in [5, 5.41) is 15.2. The normalized spacial score (nSPS) is 11.4. The maximum absolute atomic E-state index is 4.76. The van der Waals surface area contributed by atoms with Crippen molar-refractivity contribution in [3.8, 4) is 0 Å². The molecule has 9 nitrogen and oxygen atoms in total. The lowest BCUT2D eigenvalue weighted by atomic mass is 10.3. The SMILES string of the molecule is Cc1nnc(CNC(=NCc2cccc(N(C)C)n2)NCCCN(C)c2ccccc2)n1C. The molecule has 2 aromatic heterocycles. The van der Waals surface area contributed by atoms with E-state index in [4.69, 9.17) is 4.99 Å². The van der Waals surface area contributed by atoms with Gasteiger partial charge in [-0.3, -0.25) is 0 Å². The molecule has 0 bridgehead atoms. The highest BCUT2D eigenvalue weighted by molar-refractivity contribution is 5.79. The second kappa shape index (κ2) is 11.8. The highest BCUT2D eigenvalue weighted by Gasteiger charge is 2.07. The molecular weight excluding hydrogens is 414 g/mol. The van der Waals surface area contributed by atoms with E-state index in [9.17, 15) is 0 Å². The molecule has 0 aliphatic heterocycles. The standard InChI is InChI=1S/C24H35N9/c1-19-29-30-23(33(19)5)18-27-24(26-17-20-11-9-14-22(28-20)31(2)3)25-15-10-16-32(4)21-12-7-6-8-13-21/h6-9,11-14H,10,15-18H2,1-5H3,(H2,25,26,27). The zero-order valence-electron chi connectivity index (χ0n) is 20.3. The van der Waals surface area contributed by atoms with Gasteiger partial charge in [-0.05, 0) is 37.6 Å². The number of rotatable bonds is 10. The first-order chi connectivity index (χ1) is 15.9. The van der Waals surface area contributed by atoms with Crippen LogP contribution in [-0.4, -0.2) is 59.9 Å². The predicted octanol–water partition coefficient (Wildman–Crippen LogP) is 2.35. The van der Waals surface area contributed by atoms with E-state index in [0.29, 0.717) is 13.1 Å². The van der Waals surface area contributed by atoms with Gasteiger partial charge in [0.2, 0.25) is 0 Å². The van der Waals surface area contributed by atoms with Crippen molar-refractivity contribution in [3.05, 3.63) is 65.9 Å². The summed E-state index contributed by atoms with van der Waals surface area (Å²) in [4.78, 5) is 13.7. The minimum Gasteiger partial charge on any atom is -0.375 e. The van der Waals surface area contributed by atoms with Gasteiger partial charge in [0.25, 0.3) is 0 Å². The summed E-state index contributed by atoms with van der Waals surface area (Å²) in [6.07, 6.45) is 0.976. The summed E-state index contributed by atoms with van der Waals surface area (Å²) in [5.74, 6) is 3.39. The summed E-state index contributed by atoms with van der Waals surface area (Å²) in [6.45, 7) is 4.71. The number of pyridine rings is 1. The van der Waals surface area contributed by atoms with Crippen LogP contribution in [0.25, 0.3) is 0 Å². The fourth-order valence-electron chi connectivity index (χ4n) is 3.24. The summed E-state index contributed by atoms with van der Waals surface area (Å²) >= 11 is 0. The smallest absolute Gasteiger partial charge is 0.192 e. The van der Waals surface area contributed by atoms with E-state index < -0.39 is 0 Å². The van der Waals surface area contributed by atoms with Crippen molar-refractivity contribution in [2.75, 3.05) is 44.0 Å². The number of hydrogen-bond acceptors (Lipinski definition) is 6. The minimum absolute atomic E-state index is 0.485. The molecule has 0 saturated heterocycles. The molecule has 2 heterocycles. The van der Waals surface area contributed by atoms with Crippen LogP contribution in [-0.2, 0) is 20.1 Å². The van der Waals surface area contributed by atoms with Crippen LogP contribution in [0.4, 0.5) is 11.5 Å². The maximum Gasteiger partial charge on any atom is 0.192 e. The van der Waals surface area contributed by atoms with E-state index in [1.165, 1.54) is 5.69 Å². The van der Waals surface area contributed by atoms with Gasteiger partial charge in [0.1, 0.15) is 11.6 Å². The van der Waals surface area contributed by atoms with Gasteiger partial charge in [-0.1, -0.05) is 24.3 Å². The number of nitrogens with zero attached hydrogens (tertiary/aromatic N) is 7. The van der Waals surface area contributed by atoms with Gasteiger partial charge in [0.15, 0.2) is 11.8 Å². The van der Waals surface area contributed by atoms with Gasteiger partial charge in [-0.25, -0.2) is 9.98 Å². The van der Waals surface area contributed by atoms with Gasteiger partial charge >= 0.3 is 0 Å². The van der Waals surface area contributed by atoms with Crippen LogP contribution in [0.5, 0.6) is 0 Å². The van der Waals surface area contributed by atoms with Crippen LogP contribution in [0.3, 0.4) is 0 Å². The van der Waals surface area contributed by atoms with Crippen LogP contribution in [0.15, 0.2) is 53.5 Å². The molecular formula is C24H35N9. The summed E-state index contributed by atoms with van der Waals surface area (Å²) < 4.78 is 1.97. The average molecular weight is 450 g/mol. The Morgan fingerprint density at radius 2 is 1.79 bits per heavy atom. The number of anilines is 2. The fourth-order valence-corrected chi connectivity index (χ4v) is 3.24. The first-order valence-electron chi connectivity index (χ1n) is 11.2. The lowest BCUT2D eigenvalue weighted by molar-refractivity contribution is 0.696. The zero-order valence-corrected chi connectivity index (χ0v) is 20.3. The maximum atomic E-state index is 4.76. The Labute approximate surface area is 196 Å². The molecule has 0 aliphatic carbocycles. The van der Waals surface area contributed by atoms with E-state index >= 15 is 0 Å². The molecule has 0 fully saturated rings. The minimum atomic E-state index is 0.485. The van der Waals surface area contributed by atoms with Crippen molar-refractivity contribution in [3.63, 3.8) is 0 Å². The van der Waals surface area contributed by atoms with Gasteiger partial charge < -0.3 is 25.0 Å². The Morgan fingerprint density at radius 1 is 1.00 bits per heavy atom. The third-order valence-electron chi connectivity index (χ3n) is 5.41. The molecule has 3 aromatic rings. The number of aromatic nitrogens is 4. The third kappa shape index (κ3) is 7.20. The van der Waals surface area contributed by atoms with Gasteiger partial charge in [-0.15, -0.1) is 10.2 Å². The molecule has 176 valence electrons. The Balaban J connectivity index is 1.60. The molecule has 0 atom stereocenters. The predicted molar refractivity (Wildman–Crippen MR) is 135 cm³/mol. The number of hydrogen-bond donors (Lipinski definition) is 2. The van der Waals surface area contributed by atoms with Crippen LogP contribution in [0, 0.1) is 6.92 Å². The second-order valence-corrected chi connectivity index (χ2v) is 8.16. The van der Waals surface area contributed by atoms with Crippen molar-refractivity contribution >= 4 is 17.5 Å². The van der Waals surface area contributed by atoms with E-state index in [1.807, 2.05) is 61.8 Å². The highest BCUT2D eigenvalue weighted by Crippen LogP contribution is 2.11. The van der Waals surface area contributed by atoms with Crippen molar-refractivity contribution in [1.82, 2.24) is 30.4 Å². The van der Waals surface area contributed by atoms with Crippen molar-refractivity contribution in [2.45, 2.75) is 26.4 Å². The number of para-hydroxylation sites is 1. The summed E-state index contributed by atoms with van der Waals surface area (Å²) in [6, 6.07) is 16.4. The number of aliphatic imine (C=N–C) groups is 1. The van der Waals surface area contributed by atoms with Crippen LogP contribution in [0.1, 0.15) is 23.8 Å². The Hall–Kier alpha value is -3.62. The number of aryl methyl sites for hydroxylation is 1.